The van der Waals surface area contributed by atoms with Gasteiger partial charge in [0, 0.05) is 66.2 Å². The molecule has 0 saturated carbocycles. The Bertz CT molecular complexity index is 939. The van der Waals surface area contributed by atoms with Gasteiger partial charge < -0.3 is 5.32 Å². The van der Waals surface area contributed by atoms with Crippen LogP contribution < -0.4 is 5.32 Å². The fourth-order valence-electron chi connectivity index (χ4n) is 3.63. The van der Waals surface area contributed by atoms with Crippen LogP contribution in [0, 0.1) is 10.1 Å². The maximum Gasteiger partial charge on any atom is 0.273 e. The number of para-hydroxylation sites is 1. The van der Waals surface area contributed by atoms with Gasteiger partial charge in [-0.2, -0.15) is 0 Å². The van der Waals surface area contributed by atoms with E-state index in [1.807, 2.05) is 36.7 Å². The Kier molecular flexibility index (Phi) is 4.50. The molecule has 3 aromatic rings. The van der Waals surface area contributed by atoms with Gasteiger partial charge in [-0.3, -0.25) is 20.0 Å². The molecule has 0 aliphatic carbocycles. The minimum atomic E-state index is -0.300. The minimum Gasteiger partial charge on any atom is -0.380 e. The van der Waals surface area contributed by atoms with Crippen LogP contribution in [0.1, 0.15) is 12.0 Å². The van der Waals surface area contributed by atoms with Crippen molar-refractivity contribution in [3.05, 3.63) is 76.6 Å². The zero-order valence-electron chi connectivity index (χ0n) is 14.3. The molecule has 0 radical (unpaired) electrons. The molecule has 1 atom stereocenters. The van der Waals surface area contributed by atoms with E-state index in [9.17, 15) is 10.1 Å². The average Bonchev–Trinajstić information content (AvgIpc) is 3.09. The molecule has 6 nitrogen and oxygen atoms in total. The SMILES string of the molecule is O=[N+]([O-])c1ccccc1CN1CCC(Nc2cccc3cnccc23)C1. The van der Waals surface area contributed by atoms with Crippen molar-refractivity contribution < 1.29 is 4.92 Å². The molecule has 4 rings (SSSR count). The van der Waals surface area contributed by atoms with Crippen molar-refractivity contribution in [3.63, 3.8) is 0 Å². The number of likely N-dealkylation sites (tertiary alicyclic amines) is 1. The summed E-state index contributed by atoms with van der Waals surface area (Å²) in [6.45, 7) is 2.40. The van der Waals surface area contributed by atoms with E-state index in [1.54, 1.807) is 12.1 Å². The summed E-state index contributed by atoms with van der Waals surface area (Å²) in [5, 5.41) is 17.1. The lowest BCUT2D eigenvalue weighted by Crippen LogP contribution is -2.26. The molecule has 1 aromatic heterocycles. The molecule has 132 valence electrons. The van der Waals surface area contributed by atoms with Crippen molar-refractivity contribution in [1.82, 2.24) is 9.88 Å². The topological polar surface area (TPSA) is 71.3 Å². The highest BCUT2D eigenvalue weighted by atomic mass is 16.6. The van der Waals surface area contributed by atoms with Gasteiger partial charge in [0.05, 0.1) is 4.92 Å². The minimum absolute atomic E-state index is 0.200. The molecule has 1 aliphatic heterocycles. The fraction of sp³-hybridized carbons (Fsp3) is 0.250. The second-order valence-electron chi connectivity index (χ2n) is 6.65. The van der Waals surface area contributed by atoms with Gasteiger partial charge in [0.15, 0.2) is 0 Å². The number of nitrogens with one attached hydrogen (secondary N) is 1. The molecule has 0 spiro atoms. The number of aromatic nitrogens is 1. The molecular weight excluding hydrogens is 328 g/mol. The van der Waals surface area contributed by atoms with E-state index in [0.717, 1.165) is 36.1 Å². The van der Waals surface area contributed by atoms with E-state index in [2.05, 4.69) is 27.3 Å². The number of benzene rings is 2. The standard InChI is InChI=1S/C20H20N4O2/c25-24(26)20-7-2-1-4-16(20)13-23-11-9-17(14-23)22-19-6-3-5-15-12-21-10-8-18(15)19/h1-8,10,12,17,22H,9,11,13-14H2. The Hall–Kier alpha value is -2.99. The van der Waals surface area contributed by atoms with Gasteiger partial charge in [-0.1, -0.05) is 30.3 Å². The summed E-state index contributed by atoms with van der Waals surface area (Å²) in [5.41, 5.74) is 2.09. The number of hydrogen-bond acceptors (Lipinski definition) is 5. The number of hydrogen-bond donors (Lipinski definition) is 1. The molecule has 1 saturated heterocycles. The molecule has 2 heterocycles. The van der Waals surface area contributed by atoms with Crippen LogP contribution in [0.2, 0.25) is 0 Å². The molecule has 1 N–H and O–H groups in total. The Morgan fingerprint density at radius 1 is 1.19 bits per heavy atom. The summed E-state index contributed by atoms with van der Waals surface area (Å²) in [4.78, 5) is 17.3. The van der Waals surface area contributed by atoms with Crippen molar-refractivity contribution >= 4 is 22.1 Å². The van der Waals surface area contributed by atoms with Gasteiger partial charge in [-0.25, -0.2) is 0 Å². The molecule has 0 amide bonds. The molecule has 1 unspecified atom stereocenters. The first-order valence-corrected chi connectivity index (χ1v) is 8.74. The van der Waals surface area contributed by atoms with Crippen molar-refractivity contribution in [1.29, 1.82) is 0 Å². The average molecular weight is 348 g/mol. The third-order valence-electron chi connectivity index (χ3n) is 4.90. The number of fused-ring (bicyclic) bond motifs is 1. The third-order valence-corrected chi connectivity index (χ3v) is 4.90. The zero-order valence-corrected chi connectivity index (χ0v) is 14.3. The van der Waals surface area contributed by atoms with Crippen LogP contribution >= 0.6 is 0 Å². The van der Waals surface area contributed by atoms with E-state index in [1.165, 1.54) is 5.39 Å². The summed E-state index contributed by atoms with van der Waals surface area (Å²) in [6, 6.07) is 15.5. The van der Waals surface area contributed by atoms with Crippen LogP contribution in [0.4, 0.5) is 11.4 Å². The van der Waals surface area contributed by atoms with Gasteiger partial charge in [0.25, 0.3) is 5.69 Å². The summed E-state index contributed by atoms with van der Waals surface area (Å²) in [6.07, 6.45) is 4.70. The predicted molar refractivity (Wildman–Crippen MR) is 102 cm³/mol. The maximum absolute atomic E-state index is 11.2. The van der Waals surface area contributed by atoms with Crippen LogP contribution in [-0.4, -0.2) is 33.9 Å². The van der Waals surface area contributed by atoms with Crippen molar-refractivity contribution in [2.24, 2.45) is 0 Å². The van der Waals surface area contributed by atoms with Gasteiger partial charge in [-0.05, 0) is 18.6 Å². The highest BCUT2D eigenvalue weighted by Crippen LogP contribution is 2.26. The summed E-state index contributed by atoms with van der Waals surface area (Å²) in [7, 11) is 0. The second-order valence-corrected chi connectivity index (χ2v) is 6.65. The number of nitrogens with zero attached hydrogens (tertiary/aromatic N) is 3. The lowest BCUT2D eigenvalue weighted by Gasteiger charge is -2.18. The van der Waals surface area contributed by atoms with Crippen molar-refractivity contribution in [3.8, 4) is 0 Å². The maximum atomic E-state index is 11.2. The molecule has 1 fully saturated rings. The molecule has 26 heavy (non-hydrogen) atoms. The van der Waals surface area contributed by atoms with Crippen LogP contribution in [0.25, 0.3) is 10.8 Å². The van der Waals surface area contributed by atoms with E-state index in [0.29, 0.717) is 12.6 Å². The van der Waals surface area contributed by atoms with Crippen LogP contribution in [-0.2, 0) is 6.54 Å². The summed E-state index contributed by atoms with van der Waals surface area (Å²) in [5.74, 6) is 0. The lowest BCUT2D eigenvalue weighted by molar-refractivity contribution is -0.385. The smallest absolute Gasteiger partial charge is 0.273 e. The first-order valence-electron chi connectivity index (χ1n) is 8.74. The third kappa shape index (κ3) is 3.36. The number of rotatable bonds is 5. The number of nitro benzene ring substituents is 1. The van der Waals surface area contributed by atoms with Gasteiger partial charge in [0.1, 0.15) is 0 Å². The van der Waals surface area contributed by atoms with Crippen molar-refractivity contribution in [2.45, 2.75) is 19.0 Å². The predicted octanol–water partition coefficient (Wildman–Crippen LogP) is 3.83. The fourth-order valence-corrected chi connectivity index (χ4v) is 3.63. The van der Waals surface area contributed by atoms with Gasteiger partial charge >= 0.3 is 0 Å². The first kappa shape index (κ1) is 16.5. The summed E-state index contributed by atoms with van der Waals surface area (Å²) < 4.78 is 0. The Balaban J connectivity index is 1.45. The highest BCUT2D eigenvalue weighted by Gasteiger charge is 2.24. The van der Waals surface area contributed by atoms with Crippen molar-refractivity contribution in [2.75, 3.05) is 18.4 Å². The van der Waals surface area contributed by atoms with E-state index in [-0.39, 0.29) is 10.6 Å². The van der Waals surface area contributed by atoms with E-state index < -0.39 is 0 Å². The second kappa shape index (κ2) is 7.09. The van der Waals surface area contributed by atoms with Crippen LogP contribution in [0.3, 0.4) is 0 Å². The highest BCUT2D eigenvalue weighted by molar-refractivity contribution is 5.93. The quantitative estimate of drug-likeness (QED) is 0.560. The van der Waals surface area contributed by atoms with Gasteiger partial charge in [0.2, 0.25) is 0 Å². The monoisotopic (exact) mass is 348 g/mol. The zero-order chi connectivity index (χ0) is 17.9. The lowest BCUT2D eigenvalue weighted by atomic mass is 10.1. The normalized spacial score (nSPS) is 17.5. The Labute approximate surface area is 151 Å². The Morgan fingerprint density at radius 2 is 2.08 bits per heavy atom. The molecule has 2 aromatic carbocycles. The Morgan fingerprint density at radius 3 is 2.96 bits per heavy atom. The first-order chi connectivity index (χ1) is 12.7. The van der Waals surface area contributed by atoms with Gasteiger partial charge in [-0.15, -0.1) is 0 Å². The largest absolute Gasteiger partial charge is 0.380 e. The van der Waals surface area contributed by atoms with E-state index in [4.69, 9.17) is 0 Å². The number of nitro groups is 1. The number of pyridine rings is 1. The molecule has 1 aliphatic rings. The molecular formula is C20H20N4O2. The molecule has 6 heteroatoms. The molecule has 0 bridgehead atoms. The van der Waals surface area contributed by atoms with E-state index >= 15 is 0 Å². The summed E-state index contributed by atoms with van der Waals surface area (Å²) >= 11 is 0. The number of anilines is 1. The van der Waals surface area contributed by atoms with Crippen LogP contribution in [0.5, 0.6) is 0 Å². The van der Waals surface area contributed by atoms with Crippen LogP contribution in [0.15, 0.2) is 60.9 Å².